The number of nitrogens with two attached hydrogens (primary N) is 1. The Bertz CT molecular complexity index is 1120. The van der Waals surface area contributed by atoms with E-state index in [2.05, 4.69) is 29.7 Å². The van der Waals surface area contributed by atoms with Crippen molar-refractivity contribution in [2.75, 3.05) is 31.5 Å². The molecule has 0 bridgehead atoms. The van der Waals surface area contributed by atoms with Crippen molar-refractivity contribution in [3.63, 3.8) is 0 Å². The number of rotatable bonds is 5. The highest BCUT2D eigenvalue weighted by Crippen LogP contribution is 2.15. The molecule has 0 radical (unpaired) electrons. The van der Waals surface area contributed by atoms with E-state index in [1.807, 2.05) is 36.1 Å². The zero-order chi connectivity index (χ0) is 27.9. The van der Waals surface area contributed by atoms with Gasteiger partial charge in [-0.3, -0.25) is 9.59 Å². The minimum Gasteiger partial charge on any atom is -0.369 e. The molecule has 8 heteroatoms. The highest BCUT2D eigenvalue weighted by Gasteiger charge is 2.23. The molecule has 2 aliphatic rings. The maximum Gasteiger partial charge on any atom is 0.242 e. The van der Waals surface area contributed by atoms with E-state index in [1.54, 1.807) is 17.0 Å². The standard InChI is InChI=1S/C16H16FN3.C12H20N2O2.C2H2/c1-11-4-3-5-15(10-11)20-16(18)19-12(2)13-6-8-14(17)9-7-13;15-11-6-2-1-3-9-14(11)10-12(16)13-7-4-5-8-13;1-2/h3-10H,2H2,1H3,(H3,18,19,20);1-10H2;1-2H. The molecular weight excluding hydrogens is 481 g/mol. The number of nitrogens with zero attached hydrogens (tertiary/aromatic N) is 3. The highest BCUT2D eigenvalue weighted by molar-refractivity contribution is 5.95. The van der Waals surface area contributed by atoms with Crippen molar-refractivity contribution in [1.82, 2.24) is 9.80 Å². The Morgan fingerprint density at radius 2 is 1.71 bits per heavy atom. The quantitative estimate of drug-likeness (QED) is 0.338. The molecule has 2 aromatic carbocycles. The molecule has 2 heterocycles. The van der Waals surface area contributed by atoms with Crippen LogP contribution in [0.1, 0.15) is 49.7 Å². The van der Waals surface area contributed by atoms with Crippen LogP contribution in [0.25, 0.3) is 5.70 Å². The summed E-state index contributed by atoms with van der Waals surface area (Å²) >= 11 is 0. The number of likely N-dealkylation sites (tertiary alicyclic amines) is 2. The van der Waals surface area contributed by atoms with Crippen LogP contribution in [0.3, 0.4) is 0 Å². The smallest absolute Gasteiger partial charge is 0.242 e. The van der Waals surface area contributed by atoms with Gasteiger partial charge in [-0.15, -0.1) is 12.8 Å². The lowest BCUT2D eigenvalue weighted by atomic mass is 10.2. The molecule has 0 atom stereocenters. The van der Waals surface area contributed by atoms with Gasteiger partial charge in [-0.25, -0.2) is 9.38 Å². The van der Waals surface area contributed by atoms with Crippen LogP contribution in [-0.4, -0.2) is 53.8 Å². The SMILES string of the molecule is C#C.C=C(N=C(N)Nc1cccc(C)c1)c1ccc(F)cc1.O=C(CN1CCCCCC1=O)N1CCCC1. The first-order valence-corrected chi connectivity index (χ1v) is 12.8. The Hall–Kier alpha value is -4.12. The number of nitrogens with one attached hydrogen (secondary N) is 1. The number of carbonyl (C=O) groups is 2. The fraction of sp³-hybridized carbons (Fsp3) is 0.367. The van der Waals surface area contributed by atoms with Crippen LogP contribution < -0.4 is 11.1 Å². The number of amides is 2. The van der Waals surface area contributed by atoms with Gasteiger partial charge in [0.2, 0.25) is 11.8 Å². The molecule has 202 valence electrons. The Labute approximate surface area is 225 Å². The van der Waals surface area contributed by atoms with Gasteiger partial charge in [-0.1, -0.05) is 25.1 Å². The maximum absolute atomic E-state index is 12.8. The van der Waals surface area contributed by atoms with Gasteiger partial charge in [0.15, 0.2) is 5.96 Å². The minimum absolute atomic E-state index is 0.132. The van der Waals surface area contributed by atoms with Gasteiger partial charge in [-0.2, -0.15) is 0 Å². The summed E-state index contributed by atoms with van der Waals surface area (Å²) in [6.07, 6.45) is 14.0. The van der Waals surface area contributed by atoms with Crippen LogP contribution in [-0.2, 0) is 9.59 Å². The van der Waals surface area contributed by atoms with E-state index in [-0.39, 0.29) is 23.6 Å². The molecule has 38 heavy (non-hydrogen) atoms. The number of guanidine groups is 1. The number of hydrogen-bond donors (Lipinski definition) is 2. The van der Waals surface area contributed by atoms with Crippen molar-refractivity contribution < 1.29 is 14.0 Å². The van der Waals surface area contributed by atoms with Gasteiger partial charge in [0, 0.05) is 31.7 Å². The summed E-state index contributed by atoms with van der Waals surface area (Å²) in [6.45, 7) is 8.64. The van der Waals surface area contributed by atoms with Gasteiger partial charge in [0.05, 0.1) is 12.2 Å². The fourth-order valence-electron chi connectivity index (χ4n) is 4.19. The van der Waals surface area contributed by atoms with Crippen LogP contribution in [0, 0.1) is 25.6 Å². The predicted octanol–water partition coefficient (Wildman–Crippen LogP) is 4.79. The number of aryl methyl sites for hydroxylation is 1. The van der Waals surface area contributed by atoms with Gasteiger partial charge in [0.1, 0.15) is 5.82 Å². The van der Waals surface area contributed by atoms with Gasteiger partial charge < -0.3 is 20.9 Å². The third-order valence-electron chi connectivity index (χ3n) is 6.18. The second-order valence-corrected chi connectivity index (χ2v) is 9.16. The lowest BCUT2D eigenvalue weighted by Crippen LogP contribution is -2.41. The second kappa shape index (κ2) is 15.9. The van der Waals surface area contributed by atoms with Crippen molar-refractivity contribution >= 4 is 29.2 Å². The molecule has 7 nitrogen and oxygen atoms in total. The second-order valence-electron chi connectivity index (χ2n) is 9.16. The molecule has 0 saturated carbocycles. The lowest BCUT2D eigenvalue weighted by Gasteiger charge is -2.23. The number of carbonyl (C=O) groups excluding carboxylic acids is 2. The first-order chi connectivity index (χ1) is 18.3. The monoisotopic (exact) mass is 519 g/mol. The predicted molar refractivity (Wildman–Crippen MR) is 153 cm³/mol. The van der Waals surface area contributed by atoms with Crippen LogP contribution in [0.15, 0.2) is 60.1 Å². The summed E-state index contributed by atoms with van der Waals surface area (Å²) in [7, 11) is 0. The number of terminal acetylenes is 1. The average Bonchev–Trinajstić information content (AvgIpc) is 3.37. The molecule has 0 aliphatic carbocycles. The van der Waals surface area contributed by atoms with Crippen molar-refractivity contribution in [2.45, 2.75) is 45.4 Å². The molecule has 2 aliphatic heterocycles. The van der Waals surface area contributed by atoms with E-state index >= 15 is 0 Å². The third-order valence-corrected chi connectivity index (χ3v) is 6.18. The number of benzene rings is 2. The van der Waals surface area contributed by atoms with E-state index < -0.39 is 0 Å². The van der Waals surface area contributed by atoms with Gasteiger partial charge in [0.25, 0.3) is 0 Å². The maximum atomic E-state index is 12.8. The molecule has 2 aromatic rings. The summed E-state index contributed by atoms with van der Waals surface area (Å²) in [5.41, 5.74) is 9.01. The number of anilines is 1. The Balaban J connectivity index is 0.000000256. The topological polar surface area (TPSA) is 91.0 Å². The molecule has 0 aromatic heterocycles. The summed E-state index contributed by atoms with van der Waals surface area (Å²) in [5, 5.41) is 2.99. The van der Waals surface area contributed by atoms with Crippen molar-refractivity contribution in [2.24, 2.45) is 10.7 Å². The molecule has 2 fully saturated rings. The van der Waals surface area contributed by atoms with Crippen LogP contribution in [0.2, 0.25) is 0 Å². The van der Waals surface area contributed by atoms with E-state index in [4.69, 9.17) is 5.73 Å². The lowest BCUT2D eigenvalue weighted by molar-refractivity contribution is -0.139. The third kappa shape index (κ3) is 10.1. The Kier molecular flexibility index (Phi) is 12.6. The molecule has 4 rings (SSSR count). The van der Waals surface area contributed by atoms with E-state index in [9.17, 15) is 14.0 Å². The van der Waals surface area contributed by atoms with Crippen molar-refractivity contribution in [3.05, 3.63) is 72.1 Å². The van der Waals surface area contributed by atoms with Crippen molar-refractivity contribution in [1.29, 1.82) is 0 Å². The minimum atomic E-state index is -0.295. The van der Waals surface area contributed by atoms with E-state index in [0.717, 1.165) is 68.6 Å². The first kappa shape index (κ1) is 30.1. The fourth-order valence-corrected chi connectivity index (χ4v) is 4.19. The van der Waals surface area contributed by atoms with Crippen LogP contribution in [0.4, 0.5) is 10.1 Å². The first-order valence-electron chi connectivity index (χ1n) is 12.8. The zero-order valence-corrected chi connectivity index (χ0v) is 22.2. The average molecular weight is 520 g/mol. The zero-order valence-electron chi connectivity index (χ0n) is 22.2. The Morgan fingerprint density at radius 1 is 1.05 bits per heavy atom. The summed E-state index contributed by atoms with van der Waals surface area (Å²) < 4.78 is 12.8. The number of hydrogen-bond acceptors (Lipinski definition) is 3. The highest BCUT2D eigenvalue weighted by atomic mass is 19.1. The van der Waals surface area contributed by atoms with Gasteiger partial charge >= 0.3 is 0 Å². The van der Waals surface area contributed by atoms with E-state index in [1.165, 1.54) is 12.1 Å². The Morgan fingerprint density at radius 3 is 2.37 bits per heavy atom. The van der Waals surface area contributed by atoms with E-state index in [0.29, 0.717) is 18.7 Å². The number of aliphatic imine (C=N–C) groups is 1. The molecule has 3 N–H and O–H groups in total. The molecule has 2 saturated heterocycles. The van der Waals surface area contributed by atoms with Crippen LogP contribution >= 0.6 is 0 Å². The molecule has 0 unspecified atom stereocenters. The number of halogens is 1. The molecular formula is C30H38FN5O2. The van der Waals surface area contributed by atoms with Crippen molar-refractivity contribution in [3.8, 4) is 12.8 Å². The largest absolute Gasteiger partial charge is 0.369 e. The van der Waals surface area contributed by atoms with Crippen LogP contribution in [0.5, 0.6) is 0 Å². The summed E-state index contributed by atoms with van der Waals surface area (Å²) in [5.74, 6) is 0.235. The molecule has 2 amide bonds. The normalized spacial score (nSPS) is 15.4. The van der Waals surface area contributed by atoms with Gasteiger partial charge in [-0.05, 0) is 80.1 Å². The summed E-state index contributed by atoms with van der Waals surface area (Å²) in [4.78, 5) is 31.4. The summed E-state index contributed by atoms with van der Waals surface area (Å²) in [6, 6.07) is 13.7. The molecule has 0 spiro atoms.